The van der Waals surface area contributed by atoms with Crippen molar-refractivity contribution >= 4 is 44.1 Å². The summed E-state index contributed by atoms with van der Waals surface area (Å²) in [4.78, 5) is 12.4. The van der Waals surface area contributed by atoms with Gasteiger partial charge in [0.05, 0.1) is 10.9 Å². The number of anilines is 1. The fourth-order valence-electron chi connectivity index (χ4n) is 2.30. The van der Waals surface area contributed by atoms with E-state index in [0.29, 0.717) is 17.0 Å². The van der Waals surface area contributed by atoms with Gasteiger partial charge in [0.25, 0.3) is 5.91 Å². The number of aromatic nitrogens is 1. The normalized spacial score (nSPS) is 11.0. The lowest BCUT2D eigenvalue weighted by Gasteiger charge is -2.00. The van der Waals surface area contributed by atoms with Crippen LogP contribution in [0.15, 0.2) is 58.4 Å². The highest BCUT2D eigenvalue weighted by Crippen LogP contribution is 2.27. The van der Waals surface area contributed by atoms with Crippen LogP contribution in [-0.2, 0) is 0 Å². The van der Waals surface area contributed by atoms with E-state index >= 15 is 0 Å². The summed E-state index contributed by atoms with van der Waals surface area (Å²) in [5.74, 6) is 0.275. The van der Waals surface area contributed by atoms with Crippen molar-refractivity contribution in [2.75, 3.05) is 5.32 Å². The van der Waals surface area contributed by atoms with Crippen LogP contribution in [0.5, 0.6) is 0 Å². The SMILES string of the molecule is O=C(Nc1noc2ccccc12)c1csc2ccccc12. The Balaban J connectivity index is 1.72. The molecule has 2 aromatic heterocycles. The van der Waals surface area contributed by atoms with Gasteiger partial charge in [-0.1, -0.05) is 35.5 Å². The van der Waals surface area contributed by atoms with Gasteiger partial charge in [-0.25, -0.2) is 0 Å². The highest BCUT2D eigenvalue weighted by molar-refractivity contribution is 7.17. The van der Waals surface area contributed by atoms with Crippen molar-refractivity contribution < 1.29 is 9.32 Å². The van der Waals surface area contributed by atoms with Crippen molar-refractivity contribution in [2.45, 2.75) is 0 Å². The fourth-order valence-corrected chi connectivity index (χ4v) is 3.25. The Morgan fingerprint density at radius 1 is 1.05 bits per heavy atom. The van der Waals surface area contributed by atoms with Crippen LogP contribution < -0.4 is 5.32 Å². The minimum Gasteiger partial charge on any atom is -0.354 e. The van der Waals surface area contributed by atoms with Gasteiger partial charge in [0.15, 0.2) is 11.4 Å². The number of para-hydroxylation sites is 1. The van der Waals surface area contributed by atoms with Crippen LogP contribution in [0, 0.1) is 0 Å². The monoisotopic (exact) mass is 294 g/mol. The van der Waals surface area contributed by atoms with E-state index in [1.807, 2.05) is 53.9 Å². The Bertz CT molecular complexity index is 955. The van der Waals surface area contributed by atoms with Crippen molar-refractivity contribution in [1.82, 2.24) is 5.16 Å². The molecule has 2 aromatic carbocycles. The van der Waals surface area contributed by atoms with Crippen LogP contribution in [0.2, 0.25) is 0 Å². The maximum absolute atomic E-state index is 12.4. The number of carbonyl (C=O) groups excluding carboxylic acids is 1. The highest BCUT2D eigenvalue weighted by Gasteiger charge is 2.15. The molecule has 2 heterocycles. The molecular formula is C16H10N2O2S. The quantitative estimate of drug-likeness (QED) is 0.600. The van der Waals surface area contributed by atoms with Crippen molar-refractivity contribution in [3.8, 4) is 0 Å². The molecule has 102 valence electrons. The van der Waals surface area contributed by atoms with Crippen molar-refractivity contribution in [3.63, 3.8) is 0 Å². The number of hydrogen-bond acceptors (Lipinski definition) is 4. The number of benzene rings is 2. The summed E-state index contributed by atoms with van der Waals surface area (Å²) in [5.41, 5.74) is 1.31. The second kappa shape index (κ2) is 4.71. The predicted octanol–water partition coefficient (Wildman–Crippen LogP) is 4.29. The average Bonchev–Trinajstić information content (AvgIpc) is 3.12. The average molecular weight is 294 g/mol. The zero-order chi connectivity index (χ0) is 14.2. The summed E-state index contributed by atoms with van der Waals surface area (Å²) >= 11 is 1.55. The third kappa shape index (κ3) is 1.98. The highest BCUT2D eigenvalue weighted by atomic mass is 32.1. The summed E-state index contributed by atoms with van der Waals surface area (Å²) < 4.78 is 6.28. The van der Waals surface area contributed by atoms with Crippen molar-refractivity contribution in [1.29, 1.82) is 0 Å². The third-order valence-electron chi connectivity index (χ3n) is 3.33. The summed E-state index contributed by atoms with van der Waals surface area (Å²) in [6.07, 6.45) is 0. The van der Waals surface area contributed by atoms with Gasteiger partial charge in [0.1, 0.15) is 0 Å². The number of rotatable bonds is 2. The molecule has 0 radical (unpaired) electrons. The van der Waals surface area contributed by atoms with E-state index in [1.165, 1.54) is 0 Å². The van der Waals surface area contributed by atoms with Gasteiger partial charge < -0.3 is 9.84 Å². The summed E-state index contributed by atoms with van der Waals surface area (Å²) in [5, 5.41) is 10.4. The largest absolute Gasteiger partial charge is 0.354 e. The molecule has 0 aliphatic carbocycles. The van der Waals surface area contributed by atoms with E-state index in [2.05, 4.69) is 10.5 Å². The van der Waals surface area contributed by atoms with Gasteiger partial charge in [-0.2, -0.15) is 0 Å². The lowest BCUT2D eigenvalue weighted by atomic mass is 10.1. The Labute approximate surface area is 124 Å². The van der Waals surface area contributed by atoms with Crippen LogP contribution in [0.3, 0.4) is 0 Å². The number of fused-ring (bicyclic) bond motifs is 2. The molecule has 4 nitrogen and oxygen atoms in total. The van der Waals surface area contributed by atoms with E-state index in [9.17, 15) is 4.79 Å². The van der Waals surface area contributed by atoms with Crippen molar-refractivity contribution in [2.24, 2.45) is 0 Å². The molecule has 0 fully saturated rings. The fraction of sp³-hybridized carbons (Fsp3) is 0. The Kier molecular flexibility index (Phi) is 2.72. The van der Waals surface area contributed by atoms with Gasteiger partial charge in [-0.05, 0) is 18.2 Å². The van der Waals surface area contributed by atoms with Crippen LogP contribution in [0.25, 0.3) is 21.1 Å². The first kappa shape index (κ1) is 12.1. The topological polar surface area (TPSA) is 55.1 Å². The van der Waals surface area contributed by atoms with Crippen LogP contribution >= 0.6 is 11.3 Å². The smallest absolute Gasteiger partial charge is 0.258 e. The first-order chi connectivity index (χ1) is 10.3. The number of amides is 1. The molecule has 0 aliphatic heterocycles. The Morgan fingerprint density at radius 2 is 1.81 bits per heavy atom. The zero-order valence-electron chi connectivity index (χ0n) is 10.9. The summed E-state index contributed by atoms with van der Waals surface area (Å²) in [6, 6.07) is 15.3. The van der Waals surface area contributed by atoms with Crippen LogP contribution in [0.1, 0.15) is 10.4 Å². The molecule has 21 heavy (non-hydrogen) atoms. The molecule has 4 rings (SSSR count). The molecule has 0 aliphatic rings. The van der Waals surface area contributed by atoms with E-state index in [-0.39, 0.29) is 5.91 Å². The van der Waals surface area contributed by atoms with Gasteiger partial charge in [0.2, 0.25) is 0 Å². The molecule has 0 atom stereocenters. The second-order valence-corrected chi connectivity index (χ2v) is 5.54. The predicted molar refractivity (Wildman–Crippen MR) is 83.8 cm³/mol. The van der Waals surface area contributed by atoms with Gasteiger partial charge in [-0.15, -0.1) is 11.3 Å². The summed E-state index contributed by atoms with van der Waals surface area (Å²) in [7, 11) is 0. The molecule has 0 saturated heterocycles. The first-order valence-corrected chi connectivity index (χ1v) is 7.33. The van der Waals surface area contributed by atoms with Gasteiger partial charge in [-0.3, -0.25) is 4.79 Å². The van der Waals surface area contributed by atoms with Crippen molar-refractivity contribution in [3.05, 3.63) is 59.5 Å². The van der Waals surface area contributed by atoms with Gasteiger partial charge >= 0.3 is 0 Å². The third-order valence-corrected chi connectivity index (χ3v) is 4.30. The van der Waals surface area contributed by atoms with E-state index < -0.39 is 0 Å². The first-order valence-electron chi connectivity index (χ1n) is 6.45. The zero-order valence-corrected chi connectivity index (χ0v) is 11.7. The lowest BCUT2D eigenvalue weighted by molar-refractivity contribution is 0.102. The second-order valence-electron chi connectivity index (χ2n) is 4.63. The molecular weight excluding hydrogens is 284 g/mol. The number of carbonyl (C=O) groups is 1. The van der Waals surface area contributed by atoms with E-state index in [4.69, 9.17) is 4.52 Å². The number of nitrogens with zero attached hydrogens (tertiary/aromatic N) is 1. The lowest BCUT2D eigenvalue weighted by Crippen LogP contribution is -2.11. The maximum atomic E-state index is 12.4. The van der Waals surface area contributed by atoms with E-state index in [1.54, 1.807) is 11.3 Å². The molecule has 4 aromatic rings. The molecule has 5 heteroatoms. The molecule has 1 N–H and O–H groups in total. The molecule has 0 spiro atoms. The molecule has 0 unspecified atom stereocenters. The van der Waals surface area contributed by atoms with Crippen LogP contribution in [0.4, 0.5) is 5.82 Å². The standard InChI is InChI=1S/C16H10N2O2S/c19-16(12-9-21-14-8-4-2-5-10(12)14)17-15-11-6-1-3-7-13(11)20-18-15/h1-9H,(H,17,18,19). The summed E-state index contributed by atoms with van der Waals surface area (Å²) in [6.45, 7) is 0. The Hall–Kier alpha value is -2.66. The number of nitrogens with one attached hydrogen (secondary N) is 1. The minimum absolute atomic E-state index is 0.175. The minimum atomic E-state index is -0.175. The molecule has 0 bridgehead atoms. The van der Waals surface area contributed by atoms with E-state index in [0.717, 1.165) is 15.5 Å². The van der Waals surface area contributed by atoms with Crippen LogP contribution in [-0.4, -0.2) is 11.1 Å². The number of hydrogen-bond donors (Lipinski definition) is 1. The molecule has 1 amide bonds. The van der Waals surface area contributed by atoms with Gasteiger partial charge in [0, 0.05) is 15.5 Å². The molecule has 0 saturated carbocycles. The Morgan fingerprint density at radius 3 is 2.71 bits per heavy atom. The number of thiophene rings is 1. The maximum Gasteiger partial charge on any atom is 0.258 e.